The zero-order valence-electron chi connectivity index (χ0n) is 20.9. The Kier molecular flexibility index (Phi) is 8.85. The van der Waals surface area contributed by atoms with Gasteiger partial charge in [-0.15, -0.1) is 0 Å². The van der Waals surface area contributed by atoms with Crippen LogP contribution in [-0.2, 0) is 36.7 Å². The molecule has 8 nitrogen and oxygen atoms in total. The number of carbonyl (C=O) groups excluding carboxylic acids is 3. The van der Waals surface area contributed by atoms with E-state index in [4.69, 9.17) is 9.47 Å². The first-order chi connectivity index (χ1) is 17.0. The fourth-order valence-corrected chi connectivity index (χ4v) is 4.37. The van der Waals surface area contributed by atoms with Crippen LogP contribution in [0.15, 0.2) is 60.7 Å². The Balaban J connectivity index is 1.88. The van der Waals surface area contributed by atoms with E-state index in [1.165, 1.54) is 0 Å². The number of benzene rings is 2. The van der Waals surface area contributed by atoms with Gasteiger partial charge in [0.15, 0.2) is 0 Å². The van der Waals surface area contributed by atoms with Gasteiger partial charge in [0.1, 0.15) is 12.2 Å². The van der Waals surface area contributed by atoms with Crippen LogP contribution in [-0.4, -0.2) is 52.2 Å². The topological polar surface area (TPSA) is 110 Å². The summed E-state index contributed by atoms with van der Waals surface area (Å²) in [6.07, 6.45) is -0.413. The monoisotopic (exact) mass is 495 g/mol. The smallest absolute Gasteiger partial charge is 0.416 e. The number of hydrogen-bond donors (Lipinski definition) is 1. The molecule has 0 aliphatic carbocycles. The van der Waals surface area contributed by atoms with Crippen LogP contribution in [0.5, 0.6) is 0 Å². The second-order valence-electron chi connectivity index (χ2n) is 9.99. The van der Waals surface area contributed by atoms with E-state index in [9.17, 15) is 24.3 Å². The third-order valence-electron chi connectivity index (χ3n) is 6.03. The highest BCUT2D eigenvalue weighted by atomic mass is 16.6. The molecule has 0 bridgehead atoms. The number of carboxylic acid groups (broad SMARTS) is 1. The van der Waals surface area contributed by atoms with Crippen LogP contribution in [0.2, 0.25) is 0 Å². The first kappa shape index (κ1) is 26.9. The molecule has 3 rings (SSSR count). The van der Waals surface area contributed by atoms with Crippen LogP contribution in [0.1, 0.15) is 44.7 Å². The zero-order valence-corrected chi connectivity index (χ0v) is 20.9. The minimum absolute atomic E-state index is 0.000376. The number of carboxylic acids is 1. The summed E-state index contributed by atoms with van der Waals surface area (Å²) in [6.45, 7) is 5.08. The molecule has 1 aliphatic rings. The van der Waals surface area contributed by atoms with Gasteiger partial charge < -0.3 is 14.6 Å². The molecule has 1 fully saturated rings. The van der Waals surface area contributed by atoms with Gasteiger partial charge in [0, 0.05) is 0 Å². The SMILES string of the molecule is CC(C)(C)OC(=O)CC(C(=O)N1C(=O)OCC1Cc1ccccc1)C(CCc1ccccc1)C(=O)O. The summed E-state index contributed by atoms with van der Waals surface area (Å²) in [7, 11) is 0. The van der Waals surface area contributed by atoms with E-state index in [2.05, 4.69) is 0 Å². The van der Waals surface area contributed by atoms with Gasteiger partial charge in [0.25, 0.3) is 0 Å². The number of esters is 1. The van der Waals surface area contributed by atoms with Gasteiger partial charge >= 0.3 is 18.0 Å². The van der Waals surface area contributed by atoms with Crippen LogP contribution in [0.3, 0.4) is 0 Å². The average molecular weight is 496 g/mol. The van der Waals surface area contributed by atoms with E-state index < -0.39 is 53.8 Å². The van der Waals surface area contributed by atoms with Crippen LogP contribution in [0, 0.1) is 11.8 Å². The molecule has 8 heteroatoms. The standard InChI is InChI=1S/C28H33NO7/c1-28(2,3)36-24(30)17-23(22(26(32)33)15-14-19-10-6-4-7-11-19)25(31)29-21(18-35-27(29)34)16-20-12-8-5-9-13-20/h4-13,21-23H,14-18H2,1-3H3,(H,32,33). The Morgan fingerprint density at radius 3 is 2.14 bits per heavy atom. The number of rotatable bonds is 10. The molecule has 1 heterocycles. The lowest BCUT2D eigenvalue weighted by molar-refractivity contribution is -0.161. The Bertz CT molecular complexity index is 1060. The summed E-state index contributed by atoms with van der Waals surface area (Å²) >= 11 is 0. The minimum atomic E-state index is -1.29. The summed E-state index contributed by atoms with van der Waals surface area (Å²) in [5, 5.41) is 10.1. The van der Waals surface area contributed by atoms with Crippen molar-refractivity contribution in [2.45, 2.75) is 58.1 Å². The number of carbonyl (C=O) groups is 4. The molecule has 1 aliphatic heterocycles. The summed E-state index contributed by atoms with van der Waals surface area (Å²) in [5.41, 5.74) is 1.01. The maximum absolute atomic E-state index is 13.8. The lowest BCUT2D eigenvalue weighted by atomic mass is 9.83. The Morgan fingerprint density at radius 2 is 1.58 bits per heavy atom. The largest absolute Gasteiger partial charge is 0.481 e. The summed E-state index contributed by atoms with van der Waals surface area (Å²) < 4.78 is 10.6. The van der Waals surface area contributed by atoms with Crippen molar-refractivity contribution in [1.82, 2.24) is 4.90 Å². The third kappa shape index (κ3) is 7.41. The molecule has 2 aromatic carbocycles. The Labute approximate surface area is 211 Å². The van der Waals surface area contributed by atoms with E-state index in [0.29, 0.717) is 12.8 Å². The lowest BCUT2D eigenvalue weighted by Crippen LogP contribution is -2.47. The highest BCUT2D eigenvalue weighted by molar-refractivity contribution is 5.98. The van der Waals surface area contributed by atoms with Gasteiger partial charge in [0.2, 0.25) is 5.91 Å². The first-order valence-corrected chi connectivity index (χ1v) is 12.1. The normalized spacial score (nSPS) is 17.2. The predicted molar refractivity (Wildman–Crippen MR) is 132 cm³/mol. The molecule has 3 atom stereocenters. The van der Waals surface area contributed by atoms with E-state index in [1.54, 1.807) is 20.8 Å². The fraction of sp³-hybridized carbons (Fsp3) is 0.429. The Morgan fingerprint density at radius 1 is 1.00 bits per heavy atom. The highest BCUT2D eigenvalue weighted by Crippen LogP contribution is 2.29. The number of aliphatic carboxylic acids is 1. The van der Waals surface area contributed by atoms with E-state index in [-0.39, 0.29) is 13.0 Å². The quantitative estimate of drug-likeness (QED) is 0.491. The highest BCUT2D eigenvalue weighted by Gasteiger charge is 2.45. The second kappa shape index (κ2) is 11.8. The number of imide groups is 1. The maximum Gasteiger partial charge on any atom is 0.416 e. The van der Waals surface area contributed by atoms with Crippen LogP contribution in [0.4, 0.5) is 4.79 Å². The van der Waals surface area contributed by atoms with E-state index in [0.717, 1.165) is 16.0 Å². The fourth-order valence-electron chi connectivity index (χ4n) is 4.37. The number of amides is 2. The van der Waals surface area contributed by atoms with Crippen molar-refractivity contribution in [3.63, 3.8) is 0 Å². The van der Waals surface area contributed by atoms with Gasteiger partial charge in [-0.2, -0.15) is 0 Å². The van der Waals surface area contributed by atoms with Crippen molar-refractivity contribution >= 4 is 23.9 Å². The molecule has 2 aromatic rings. The second-order valence-corrected chi connectivity index (χ2v) is 9.99. The van der Waals surface area contributed by atoms with Gasteiger partial charge in [-0.05, 0) is 51.2 Å². The molecule has 2 amide bonds. The van der Waals surface area contributed by atoms with Crippen LogP contribution >= 0.6 is 0 Å². The van der Waals surface area contributed by atoms with Gasteiger partial charge in [-0.1, -0.05) is 60.7 Å². The molecule has 0 saturated carbocycles. The predicted octanol–water partition coefficient (Wildman–Crippen LogP) is 4.26. The van der Waals surface area contributed by atoms with Gasteiger partial charge in [0.05, 0.1) is 24.3 Å². The Hall–Kier alpha value is -3.68. The van der Waals surface area contributed by atoms with Crippen molar-refractivity contribution in [3.05, 3.63) is 71.8 Å². The van der Waals surface area contributed by atoms with Crippen molar-refractivity contribution in [2.24, 2.45) is 11.8 Å². The minimum Gasteiger partial charge on any atom is -0.481 e. The van der Waals surface area contributed by atoms with Gasteiger partial charge in [-0.25, -0.2) is 9.69 Å². The van der Waals surface area contributed by atoms with Crippen molar-refractivity contribution < 1.29 is 33.8 Å². The summed E-state index contributed by atoms with van der Waals surface area (Å²) in [5.74, 6) is -5.12. The molecule has 0 aromatic heterocycles. The van der Waals surface area contributed by atoms with Crippen LogP contribution in [0.25, 0.3) is 0 Å². The number of cyclic esters (lactones) is 1. The summed E-state index contributed by atoms with van der Waals surface area (Å²) in [6, 6.07) is 18.0. The molecule has 0 radical (unpaired) electrons. The van der Waals surface area contributed by atoms with Crippen molar-refractivity contribution in [3.8, 4) is 0 Å². The number of aryl methyl sites for hydroxylation is 1. The molecule has 36 heavy (non-hydrogen) atoms. The van der Waals surface area contributed by atoms with Gasteiger partial charge in [-0.3, -0.25) is 14.4 Å². The van der Waals surface area contributed by atoms with Crippen molar-refractivity contribution in [2.75, 3.05) is 6.61 Å². The number of ether oxygens (including phenoxy) is 2. The molecule has 1 saturated heterocycles. The molecular formula is C28H33NO7. The molecule has 192 valence electrons. The maximum atomic E-state index is 13.8. The number of hydrogen-bond acceptors (Lipinski definition) is 6. The van der Waals surface area contributed by atoms with Crippen molar-refractivity contribution in [1.29, 1.82) is 0 Å². The van der Waals surface area contributed by atoms with E-state index >= 15 is 0 Å². The molecule has 0 spiro atoms. The molecule has 1 N–H and O–H groups in total. The zero-order chi connectivity index (χ0) is 26.3. The average Bonchev–Trinajstić information content (AvgIpc) is 3.17. The lowest BCUT2D eigenvalue weighted by Gasteiger charge is -2.29. The molecule has 3 unspecified atom stereocenters. The summed E-state index contributed by atoms with van der Waals surface area (Å²) in [4.78, 5) is 52.5. The third-order valence-corrected chi connectivity index (χ3v) is 6.03. The number of nitrogens with zero attached hydrogens (tertiary/aromatic N) is 1. The first-order valence-electron chi connectivity index (χ1n) is 12.1. The van der Waals surface area contributed by atoms with E-state index in [1.807, 2.05) is 60.7 Å². The molecular weight excluding hydrogens is 462 g/mol. The van der Waals surface area contributed by atoms with Crippen LogP contribution < -0.4 is 0 Å².